The predicted octanol–water partition coefficient (Wildman–Crippen LogP) is 1.72. The van der Waals surface area contributed by atoms with E-state index in [1.54, 1.807) is 17.0 Å². The fraction of sp³-hybridized carbons (Fsp3) is 0.133. The number of para-hydroxylation sites is 1. The first kappa shape index (κ1) is 11.2. The van der Waals surface area contributed by atoms with Crippen LogP contribution in [0, 0.1) is 0 Å². The van der Waals surface area contributed by atoms with Gasteiger partial charge >= 0.3 is 0 Å². The van der Waals surface area contributed by atoms with E-state index in [9.17, 15) is 4.79 Å². The normalized spacial score (nSPS) is 13.2. The number of hydrogen-bond donors (Lipinski definition) is 0. The molecule has 0 amide bonds. The van der Waals surface area contributed by atoms with E-state index in [1.807, 2.05) is 30.3 Å². The van der Waals surface area contributed by atoms with Crippen molar-refractivity contribution in [1.82, 2.24) is 14.5 Å². The van der Waals surface area contributed by atoms with E-state index < -0.39 is 0 Å². The van der Waals surface area contributed by atoms with Gasteiger partial charge in [-0.1, -0.05) is 18.2 Å². The highest BCUT2D eigenvalue weighted by molar-refractivity contribution is 5.81. The van der Waals surface area contributed by atoms with Gasteiger partial charge in [0.1, 0.15) is 5.52 Å². The Kier molecular flexibility index (Phi) is 2.32. The Hall–Kier alpha value is -2.69. The summed E-state index contributed by atoms with van der Waals surface area (Å²) in [6, 6.07) is 9.48. The smallest absolute Gasteiger partial charge is 0.263 e. The molecule has 1 aliphatic rings. The molecule has 98 valence electrons. The summed E-state index contributed by atoms with van der Waals surface area (Å²) in [5.74, 6) is 0.588. The second kappa shape index (κ2) is 4.16. The van der Waals surface area contributed by atoms with Gasteiger partial charge in [-0.3, -0.25) is 9.36 Å². The molecule has 0 spiro atoms. The molecule has 1 aliphatic heterocycles. The van der Waals surface area contributed by atoms with E-state index in [-0.39, 0.29) is 5.56 Å². The Bertz CT molecular complexity index is 856. The second-order valence-corrected chi connectivity index (χ2v) is 4.61. The molecule has 0 unspecified atom stereocenters. The van der Waals surface area contributed by atoms with Crippen LogP contribution in [0.4, 0.5) is 0 Å². The summed E-state index contributed by atoms with van der Waals surface area (Å²) in [6.45, 7) is 0.523. The number of benzene rings is 1. The molecule has 5 nitrogen and oxygen atoms in total. The summed E-state index contributed by atoms with van der Waals surface area (Å²) >= 11 is 0. The van der Waals surface area contributed by atoms with Crippen LogP contribution in [0.3, 0.4) is 0 Å². The molecule has 3 aromatic rings. The first-order valence-corrected chi connectivity index (χ1v) is 6.43. The summed E-state index contributed by atoms with van der Waals surface area (Å²) < 4.78 is 7.17. The largest absolute Gasteiger partial charge is 0.490 e. The fourth-order valence-corrected chi connectivity index (χ4v) is 2.57. The molecule has 0 N–H and O–H groups in total. The van der Waals surface area contributed by atoms with Gasteiger partial charge in [0, 0.05) is 18.8 Å². The van der Waals surface area contributed by atoms with Gasteiger partial charge in [0.05, 0.1) is 17.9 Å². The van der Waals surface area contributed by atoms with Gasteiger partial charge in [0.25, 0.3) is 5.56 Å². The van der Waals surface area contributed by atoms with Crippen LogP contribution >= 0.6 is 0 Å². The van der Waals surface area contributed by atoms with E-state index in [0.29, 0.717) is 35.5 Å². The Balaban J connectivity index is 2.19. The molecular weight excluding hydrogens is 254 g/mol. The first-order chi connectivity index (χ1) is 9.86. The number of hydrogen-bond acceptors (Lipinski definition) is 4. The van der Waals surface area contributed by atoms with Crippen molar-refractivity contribution in [2.75, 3.05) is 6.61 Å². The van der Waals surface area contributed by atoms with Crippen molar-refractivity contribution in [3.63, 3.8) is 0 Å². The predicted molar refractivity (Wildman–Crippen MR) is 74.3 cm³/mol. The number of fused-ring (bicyclic) bond motifs is 3. The van der Waals surface area contributed by atoms with Crippen LogP contribution in [0.1, 0.15) is 5.56 Å². The van der Waals surface area contributed by atoms with Gasteiger partial charge in [-0.05, 0) is 12.1 Å². The molecule has 3 heterocycles. The molecule has 0 radical (unpaired) electrons. The van der Waals surface area contributed by atoms with Crippen molar-refractivity contribution >= 4 is 11.2 Å². The van der Waals surface area contributed by atoms with E-state index >= 15 is 0 Å². The third-order valence-corrected chi connectivity index (χ3v) is 3.45. The van der Waals surface area contributed by atoms with Crippen molar-refractivity contribution in [3.05, 3.63) is 58.6 Å². The number of pyridine rings is 1. The van der Waals surface area contributed by atoms with Crippen LogP contribution in [0.25, 0.3) is 16.9 Å². The van der Waals surface area contributed by atoms with Crippen molar-refractivity contribution < 1.29 is 4.74 Å². The van der Waals surface area contributed by atoms with Crippen LogP contribution < -0.4 is 10.3 Å². The standard InChI is InChI=1S/C15H11N3O2/c19-15-11-6-9-20-13(11)12-14(17-8-7-16-12)18(15)10-4-2-1-3-5-10/h1-5,7-8H,6,9H2. The molecular formula is C15H11N3O2. The third kappa shape index (κ3) is 1.46. The highest BCUT2D eigenvalue weighted by Gasteiger charge is 2.24. The maximum atomic E-state index is 12.7. The van der Waals surface area contributed by atoms with Crippen LogP contribution in [-0.4, -0.2) is 21.1 Å². The minimum Gasteiger partial charge on any atom is -0.490 e. The number of ether oxygens (including phenoxy) is 1. The van der Waals surface area contributed by atoms with Crippen molar-refractivity contribution in [1.29, 1.82) is 0 Å². The summed E-state index contributed by atoms with van der Waals surface area (Å²) in [5.41, 5.74) is 2.57. The summed E-state index contributed by atoms with van der Waals surface area (Å²) in [5, 5.41) is 0. The van der Waals surface area contributed by atoms with Gasteiger partial charge in [0.15, 0.2) is 11.4 Å². The Morgan fingerprint density at radius 2 is 1.90 bits per heavy atom. The molecule has 0 saturated heterocycles. The summed E-state index contributed by atoms with van der Waals surface area (Å²) in [7, 11) is 0. The lowest BCUT2D eigenvalue weighted by Crippen LogP contribution is -2.22. The van der Waals surface area contributed by atoms with Crippen molar-refractivity contribution in [3.8, 4) is 11.4 Å². The van der Waals surface area contributed by atoms with Crippen LogP contribution in [0.5, 0.6) is 5.75 Å². The summed E-state index contributed by atoms with van der Waals surface area (Å²) in [6.07, 6.45) is 3.82. The number of nitrogens with zero attached hydrogens (tertiary/aromatic N) is 3. The SMILES string of the molecule is O=c1c2c(c3nccnc3n1-c1ccccc1)OCC2. The monoisotopic (exact) mass is 265 g/mol. The van der Waals surface area contributed by atoms with Crippen LogP contribution in [0.15, 0.2) is 47.5 Å². The van der Waals surface area contributed by atoms with E-state index in [4.69, 9.17) is 4.74 Å². The van der Waals surface area contributed by atoms with Gasteiger partial charge in [0.2, 0.25) is 0 Å². The van der Waals surface area contributed by atoms with Crippen LogP contribution in [0.2, 0.25) is 0 Å². The zero-order valence-corrected chi connectivity index (χ0v) is 10.6. The number of rotatable bonds is 1. The maximum Gasteiger partial charge on any atom is 0.263 e. The Morgan fingerprint density at radius 3 is 2.75 bits per heavy atom. The highest BCUT2D eigenvalue weighted by Crippen LogP contribution is 2.30. The third-order valence-electron chi connectivity index (χ3n) is 3.45. The average Bonchev–Trinajstić information content (AvgIpc) is 2.99. The number of aromatic nitrogens is 3. The molecule has 1 aromatic carbocycles. The molecule has 4 rings (SSSR count). The molecule has 20 heavy (non-hydrogen) atoms. The zero-order chi connectivity index (χ0) is 13.5. The van der Waals surface area contributed by atoms with E-state index in [1.165, 1.54) is 0 Å². The van der Waals surface area contributed by atoms with Gasteiger partial charge in [-0.25, -0.2) is 9.97 Å². The maximum absolute atomic E-state index is 12.7. The molecule has 0 atom stereocenters. The minimum atomic E-state index is -0.0725. The first-order valence-electron chi connectivity index (χ1n) is 6.43. The van der Waals surface area contributed by atoms with Gasteiger partial charge < -0.3 is 4.74 Å². The zero-order valence-electron chi connectivity index (χ0n) is 10.6. The topological polar surface area (TPSA) is 57.0 Å². The molecule has 0 bridgehead atoms. The highest BCUT2D eigenvalue weighted by atomic mass is 16.5. The molecule has 0 aliphatic carbocycles. The molecule has 0 saturated carbocycles. The Morgan fingerprint density at radius 1 is 1.10 bits per heavy atom. The lowest BCUT2D eigenvalue weighted by atomic mass is 10.2. The lowest BCUT2D eigenvalue weighted by molar-refractivity contribution is 0.359. The van der Waals surface area contributed by atoms with Gasteiger partial charge in [-0.2, -0.15) is 0 Å². The van der Waals surface area contributed by atoms with E-state index in [2.05, 4.69) is 9.97 Å². The molecule has 2 aromatic heterocycles. The molecule has 0 fully saturated rings. The molecule has 5 heteroatoms. The Labute approximate surface area is 114 Å². The summed E-state index contributed by atoms with van der Waals surface area (Å²) in [4.78, 5) is 21.3. The quantitative estimate of drug-likeness (QED) is 0.672. The second-order valence-electron chi connectivity index (χ2n) is 4.61. The van der Waals surface area contributed by atoms with Gasteiger partial charge in [-0.15, -0.1) is 0 Å². The average molecular weight is 265 g/mol. The van der Waals surface area contributed by atoms with E-state index in [0.717, 1.165) is 5.69 Å². The van der Waals surface area contributed by atoms with Crippen LogP contribution in [-0.2, 0) is 6.42 Å². The van der Waals surface area contributed by atoms with Crippen molar-refractivity contribution in [2.24, 2.45) is 0 Å². The fourth-order valence-electron chi connectivity index (χ4n) is 2.57. The van der Waals surface area contributed by atoms with Crippen molar-refractivity contribution in [2.45, 2.75) is 6.42 Å². The lowest BCUT2D eigenvalue weighted by Gasteiger charge is -2.11. The minimum absolute atomic E-state index is 0.0725.